The molecule has 5 atom stereocenters. The van der Waals surface area contributed by atoms with Crippen LogP contribution in [0.4, 0.5) is 0 Å². The second-order valence-corrected chi connectivity index (χ2v) is 5.71. The molecule has 0 radical (unpaired) electrons. The lowest BCUT2D eigenvalue weighted by molar-refractivity contribution is -0.163. The van der Waals surface area contributed by atoms with Crippen molar-refractivity contribution in [1.82, 2.24) is 0 Å². The molecule has 1 aliphatic carbocycles. The zero-order valence-corrected chi connectivity index (χ0v) is 12.4. The summed E-state index contributed by atoms with van der Waals surface area (Å²) in [5, 5.41) is 39.1. The second-order valence-electron chi connectivity index (χ2n) is 5.71. The molecule has 0 aromatic heterocycles. The molecule has 1 aromatic carbocycles. The highest BCUT2D eigenvalue weighted by Gasteiger charge is 2.47. The summed E-state index contributed by atoms with van der Waals surface area (Å²) < 4.78 is 15.8. The number of carboxylic acid groups (broad SMARTS) is 1. The van der Waals surface area contributed by atoms with Crippen LogP contribution in [-0.4, -0.2) is 58.6 Å². The Morgan fingerprint density at radius 3 is 2.61 bits per heavy atom. The number of benzene rings is 1. The van der Waals surface area contributed by atoms with Crippen LogP contribution in [0.25, 0.3) is 0 Å². The van der Waals surface area contributed by atoms with Crippen molar-refractivity contribution in [2.24, 2.45) is 5.92 Å². The maximum Gasteiger partial charge on any atom is 0.309 e. The fourth-order valence-corrected chi connectivity index (χ4v) is 3.25. The van der Waals surface area contributed by atoms with Gasteiger partial charge >= 0.3 is 5.97 Å². The standard InChI is InChI=1S/C15H18O8/c1-21-9-2-6(3-10-14(9)23-5-22-10)7-4-8(16)12(17)13(18)11(7)15(19)20/h2-3,7-8,11-13,16-18H,4-5H2,1H3,(H,19,20)/t7-,8+,11-,12-,13+/m1/s1. The van der Waals surface area contributed by atoms with E-state index >= 15 is 0 Å². The number of carbonyl (C=O) groups is 1. The summed E-state index contributed by atoms with van der Waals surface area (Å²) in [5.74, 6) is -1.97. The molecule has 1 aromatic rings. The fourth-order valence-electron chi connectivity index (χ4n) is 3.25. The molecule has 2 aliphatic rings. The van der Waals surface area contributed by atoms with Crippen LogP contribution in [0.5, 0.6) is 17.2 Å². The van der Waals surface area contributed by atoms with Gasteiger partial charge < -0.3 is 34.6 Å². The van der Waals surface area contributed by atoms with Crippen LogP contribution in [0, 0.1) is 5.92 Å². The Labute approximate surface area is 131 Å². The number of fused-ring (bicyclic) bond motifs is 1. The summed E-state index contributed by atoms with van der Waals surface area (Å²) in [7, 11) is 1.45. The third-order valence-corrected chi connectivity index (χ3v) is 4.44. The van der Waals surface area contributed by atoms with E-state index < -0.39 is 36.1 Å². The lowest BCUT2D eigenvalue weighted by Crippen LogP contribution is -2.52. The Hall–Kier alpha value is -2.03. The molecule has 8 nitrogen and oxygen atoms in total. The third-order valence-electron chi connectivity index (χ3n) is 4.44. The van der Waals surface area contributed by atoms with E-state index in [-0.39, 0.29) is 13.2 Å². The van der Waals surface area contributed by atoms with E-state index in [0.717, 1.165) is 0 Å². The number of hydrogen-bond acceptors (Lipinski definition) is 7. The van der Waals surface area contributed by atoms with Gasteiger partial charge in [-0.1, -0.05) is 0 Å². The highest BCUT2D eigenvalue weighted by Crippen LogP contribution is 2.47. The lowest BCUT2D eigenvalue weighted by atomic mass is 9.71. The molecule has 0 spiro atoms. The number of methoxy groups -OCH3 is 1. The Morgan fingerprint density at radius 2 is 1.96 bits per heavy atom. The molecule has 126 valence electrons. The molecule has 1 fully saturated rings. The van der Waals surface area contributed by atoms with Crippen molar-refractivity contribution in [3.8, 4) is 17.2 Å². The molecule has 0 saturated heterocycles. The van der Waals surface area contributed by atoms with E-state index in [1.807, 2.05) is 0 Å². The second kappa shape index (κ2) is 5.88. The first-order valence-electron chi connectivity index (χ1n) is 7.18. The minimum Gasteiger partial charge on any atom is -0.493 e. The van der Waals surface area contributed by atoms with Gasteiger partial charge in [0.25, 0.3) is 0 Å². The Morgan fingerprint density at radius 1 is 1.22 bits per heavy atom. The van der Waals surface area contributed by atoms with E-state index in [2.05, 4.69) is 0 Å². The molecule has 1 aliphatic heterocycles. The van der Waals surface area contributed by atoms with Gasteiger partial charge in [-0.2, -0.15) is 0 Å². The average molecular weight is 326 g/mol. The number of aliphatic hydroxyl groups excluding tert-OH is 3. The Kier molecular flexibility index (Phi) is 4.05. The predicted molar refractivity (Wildman–Crippen MR) is 75.6 cm³/mol. The number of aliphatic carboxylic acids is 1. The maximum atomic E-state index is 11.5. The third kappa shape index (κ3) is 2.58. The van der Waals surface area contributed by atoms with Crippen molar-refractivity contribution in [2.45, 2.75) is 30.7 Å². The molecule has 4 N–H and O–H groups in total. The number of ether oxygens (including phenoxy) is 3. The molecule has 0 unspecified atom stereocenters. The average Bonchev–Trinajstić information content (AvgIpc) is 2.99. The summed E-state index contributed by atoms with van der Waals surface area (Å²) in [6.07, 6.45) is -4.29. The summed E-state index contributed by atoms with van der Waals surface area (Å²) in [5.41, 5.74) is 0.531. The summed E-state index contributed by atoms with van der Waals surface area (Å²) >= 11 is 0. The summed E-state index contributed by atoms with van der Waals surface area (Å²) in [4.78, 5) is 11.5. The first-order valence-corrected chi connectivity index (χ1v) is 7.18. The van der Waals surface area contributed by atoms with E-state index in [4.69, 9.17) is 14.2 Å². The maximum absolute atomic E-state index is 11.5. The molecular formula is C15H18O8. The van der Waals surface area contributed by atoms with Gasteiger partial charge in [0.05, 0.1) is 25.2 Å². The largest absolute Gasteiger partial charge is 0.493 e. The van der Waals surface area contributed by atoms with E-state index in [9.17, 15) is 25.2 Å². The number of hydrogen-bond donors (Lipinski definition) is 4. The van der Waals surface area contributed by atoms with Crippen molar-refractivity contribution >= 4 is 5.97 Å². The van der Waals surface area contributed by atoms with Crippen molar-refractivity contribution in [1.29, 1.82) is 0 Å². The molecule has 0 amide bonds. The topological polar surface area (TPSA) is 126 Å². The van der Waals surface area contributed by atoms with Gasteiger partial charge in [0, 0.05) is 5.92 Å². The van der Waals surface area contributed by atoms with Crippen molar-refractivity contribution in [3.05, 3.63) is 17.7 Å². The highest BCUT2D eigenvalue weighted by molar-refractivity contribution is 5.73. The van der Waals surface area contributed by atoms with E-state index in [0.29, 0.717) is 22.8 Å². The Balaban J connectivity index is 2.03. The van der Waals surface area contributed by atoms with Crippen molar-refractivity contribution < 1.29 is 39.4 Å². The first kappa shape index (κ1) is 15.9. The monoisotopic (exact) mass is 326 g/mol. The first-order chi connectivity index (χ1) is 10.9. The van der Waals surface area contributed by atoms with Crippen LogP contribution in [0.15, 0.2) is 12.1 Å². The van der Waals surface area contributed by atoms with Crippen LogP contribution in [0.1, 0.15) is 17.9 Å². The van der Waals surface area contributed by atoms with Crippen LogP contribution in [0.2, 0.25) is 0 Å². The van der Waals surface area contributed by atoms with Gasteiger partial charge in [-0.3, -0.25) is 4.79 Å². The number of aliphatic hydroxyl groups is 3. The summed E-state index contributed by atoms with van der Waals surface area (Å²) in [6.45, 7) is 0.0339. The Bertz CT molecular complexity index is 616. The molecule has 0 bridgehead atoms. The molecule has 23 heavy (non-hydrogen) atoms. The van der Waals surface area contributed by atoms with Gasteiger partial charge in [-0.15, -0.1) is 0 Å². The molecule has 1 saturated carbocycles. The van der Waals surface area contributed by atoms with Crippen LogP contribution >= 0.6 is 0 Å². The van der Waals surface area contributed by atoms with Gasteiger partial charge in [0.15, 0.2) is 11.5 Å². The van der Waals surface area contributed by atoms with E-state index in [1.165, 1.54) is 7.11 Å². The predicted octanol–water partition coefficient (Wildman–Crippen LogP) is -0.305. The van der Waals surface area contributed by atoms with Gasteiger partial charge in [-0.05, 0) is 24.1 Å². The lowest BCUT2D eigenvalue weighted by Gasteiger charge is -2.39. The normalized spacial score (nSPS) is 32.6. The molecule has 3 rings (SSSR count). The van der Waals surface area contributed by atoms with E-state index in [1.54, 1.807) is 12.1 Å². The number of rotatable bonds is 3. The minimum absolute atomic E-state index is 0.00199. The van der Waals surface area contributed by atoms with Gasteiger partial charge in [-0.25, -0.2) is 0 Å². The van der Waals surface area contributed by atoms with Crippen LogP contribution in [-0.2, 0) is 4.79 Å². The SMILES string of the molecule is COc1cc([C@H]2C[C@H](O)[C@@H](O)[C@@H](O)[C@@H]2C(=O)O)cc2c1OCO2. The van der Waals surface area contributed by atoms with Gasteiger partial charge in [0.2, 0.25) is 12.5 Å². The van der Waals surface area contributed by atoms with Crippen molar-refractivity contribution in [2.75, 3.05) is 13.9 Å². The smallest absolute Gasteiger partial charge is 0.309 e. The zero-order chi connectivity index (χ0) is 16.7. The molecular weight excluding hydrogens is 308 g/mol. The molecule has 8 heteroatoms. The summed E-state index contributed by atoms with van der Waals surface area (Å²) in [6, 6.07) is 3.22. The molecule has 1 heterocycles. The van der Waals surface area contributed by atoms with Crippen LogP contribution < -0.4 is 14.2 Å². The quantitative estimate of drug-likeness (QED) is 0.596. The zero-order valence-electron chi connectivity index (χ0n) is 12.4. The van der Waals surface area contributed by atoms with Gasteiger partial charge in [0.1, 0.15) is 6.10 Å². The highest BCUT2D eigenvalue weighted by atomic mass is 16.7. The van der Waals surface area contributed by atoms with Crippen molar-refractivity contribution in [3.63, 3.8) is 0 Å². The number of carboxylic acids is 1. The fraction of sp³-hybridized carbons (Fsp3) is 0.533. The minimum atomic E-state index is -1.57. The van der Waals surface area contributed by atoms with Crippen LogP contribution in [0.3, 0.4) is 0 Å².